The lowest BCUT2D eigenvalue weighted by molar-refractivity contribution is 0.727. The number of hydrogen-bond donors (Lipinski definition) is 0. The van der Waals surface area contributed by atoms with Gasteiger partial charge in [-0.1, -0.05) is 23.9 Å². The lowest BCUT2D eigenvalue weighted by atomic mass is 10.2. The second-order valence-electron chi connectivity index (χ2n) is 4.98. The molecule has 0 saturated carbocycles. The summed E-state index contributed by atoms with van der Waals surface area (Å²) in [7, 11) is 0. The Morgan fingerprint density at radius 1 is 1.53 bits per heavy atom. The van der Waals surface area contributed by atoms with Crippen molar-refractivity contribution in [2.75, 3.05) is 6.26 Å². The lowest BCUT2D eigenvalue weighted by Gasteiger charge is -2.07. The molecule has 0 amide bonds. The molecule has 5 heteroatoms. The molecular formula is C14H16N2OS2. The second-order valence-corrected chi connectivity index (χ2v) is 6.84. The van der Waals surface area contributed by atoms with Gasteiger partial charge in [-0.25, -0.2) is 4.98 Å². The zero-order valence-corrected chi connectivity index (χ0v) is 12.8. The summed E-state index contributed by atoms with van der Waals surface area (Å²) in [5, 5.41) is 0.912. The van der Waals surface area contributed by atoms with Crippen LogP contribution in [0.2, 0.25) is 0 Å². The molecule has 0 bridgehead atoms. The van der Waals surface area contributed by atoms with E-state index in [1.807, 2.05) is 13.2 Å². The molecule has 2 aromatic heterocycles. The van der Waals surface area contributed by atoms with Crippen molar-refractivity contribution in [1.29, 1.82) is 0 Å². The van der Waals surface area contributed by atoms with Crippen LogP contribution in [0.4, 0.5) is 0 Å². The fourth-order valence-corrected chi connectivity index (χ4v) is 4.47. The predicted molar refractivity (Wildman–Crippen MR) is 82.5 cm³/mol. The van der Waals surface area contributed by atoms with Crippen molar-refractivity contribution in [3.05, 3.63) is 32.8 Å². The Morgan fingerprint density at radius 2 is 2.32 bits per heavy atom. The lowest BCUT2D eigenvalue weighted by Crippen LogP contribution is -2.08. The van der Waals surface area contributed by atoms with Crippen LogP contribution in [0.5, 0.6) is 0 Å². The fraction of sp³-hybridized carbons (Fsp3) is 0.429. The van der Waals surface area contributed by atoms with Gasteiger partial charge in [0.05, 0.1) is 0 Å². The third kappa shape index (κ3) is 2.05. The SMILES string of the molecule is C=C(C)Cn1c(SC)nc2c(=O)c3c(sc21)CCC3. The maximum atomic E-state index is 12.5. The van der Waals surface area contributed by atoms with Gasteiger partial charge in [0, 0.05) is 17.0 Å². The monoisotopic (exact) mass is 292 g/mol. The first-order chi connectivity index (χ1) is 9.11. The van der Waals surface area contributed by atoms with Gasteiger partial charge >= 0.3 is 0 Å². The number of fused-ring (bicyclic) bond motifs is 2. The quantitative estimate of drug-likeness (QED) is 0.643. The molecule has 3 nitrogen and oxygen atoms in total. The molecule has 1 aliphatic rings. The van der Waals surface area contributed by atoms with Crippen molar-refractivity contribution in [2.45, 2.75) is 37.9 Å². The Labute approximate surface area is 120 Å². The summed E-state index contributed by atoms with van der Waals surface area (Å²) in [6.07, 6.45) is 5.06. The van der Waals surface area contributed by atoms with Crippen molar-refractivity contribution in [1.82, 2.24) is 9.55 Å². The van der Waals surface area contributed by atoms with Crippen molar-refractivity contribution in [3.8, 4) is 0 Å². The Hall–Kier alpha value is -1.07. The van der Waals surface area contributed by atoms with Crippen LogP contribution in [-0.2, 0) is 19.4 Å². The molecule has 0 fully saturated rings. The summed E-state index contributed by atoms with van der Waals surface area (Å²) < 4.78 is 2.13. The number of nitrogens with zero attached hydrogens (tertiary/aromatic N) is 2. The maximum Gasteiger partial charge on any atom is 0.211 e. The average Bonchev–Trinajstić information content (AvgIpc) is 2.95. The van der Waals surface area contributed by atoms with Crippen LogP contribution in [-0.4, -0.2) is 15.8 Å². The molecule has 0 atom stereocenters. The third-order valence-corrected chi connectivity index (χ3v) is 5.35. The smallest absolute Gasteiger partial charge is 0.211 e. The van der Waals surface area contributed by atoms with Crippen molar-refractivity contribution < 1.29 is 0 Å². The first-order valence-corrected chi connectivity index (χ1v) is 8.39. The van der Waals surface area contributed by atoms with Gasteiger partial charge in [-0.15, -0.1) is 11.3 Å². The summed E-state index contributed by atoms with van der Waals surface area (Å²) >= 11 is 3.33. The zero-order chi connectivity index (χ0) is 13.6. The van der Waals surface area contributed by atoms with Gasteiger partial charge in [0.25, 0.3) is 0 Å². The number of aryl methyl sites for hydroxylation is 1. The highest BCUT2D eigenvalue weighted by molar-refractivity contribution is 7.98. The number of imidazole rings is 1. The van der Waals surface area contributed by atoms with Crippen LogP contribution in [0.3, 0.4) is 0 Å². The van der Waals surface area contributed by atoms with E-state index in [4.69, 9.17) is 0 Å². The normalized spacial score (nSPS) is 14.0. The third-order valence-electron chi connectivity index (χ3n) is 3.37. The van der Waals surface area contributed by atoms with E-state index in [1.54, 1.807) is 23.1 Å². The van der Waals surface area contributed by atoms with Crippen LogP contribution < -0.4 is 5.43 Å². The molecule has 0 aromatic carbocycles. The average molecular weight is 292 g/mol. The molecule has 2 aromatic rings. The van der Waals surface area contributed by atoms with E-state index in [-0.39, 0.29) is 5.43 Å². The van der Waals surface area contributed by atoms with Crippen molar-refractivity contribution in [2.24, 2.45) is 0 Å². The van der Waals surface area contributed by atoms with Gasteiger partial charge in [0.15, 0.2) is 5.16 Å². The van der Waals surface area contributed by atoms with Crippen molar-refractivity contribution in [3.63, 3.8) is 0 Å². The second kappa shape index (κ2) is 4.80. The Balaban J connectivity index is 2.32. The Kier molecular flexibility index (Phi) is 3.27. The zero-order valence-electron chi connectivity index (χ0n) is 11.2. The molecule has 0 unspecified atom stereocenters. The molecule has 100 valence electrons. The van der Waals surface area contributed by atoms with Crippen LogP contribution in [0.25, 0.3) is 10.3 Å². The maximum absolute atomic E-state index is 12.5. The van der Waals surface area contributed by atoms with E-state index in [0.29, 0.717) is 5.52 Å². The first kappa shape index (κ1) is 12.9. The molecule has 0 spiro atoms. The highest BCUT2D eigenvalue weighted by Gasteiger charge is 2.22. The minimum atomic E-state index is 0.150. The summed E-state index contributed by atoms with van der Waals surface area (Å²) in [5.41, 5.74) is 2.88. The highest BCUT2D eigenvalue weighted by atomic mass is 32.2. The largest absolute Gasteiger partial charge is 0.306 e. The fourth-order valence-electron chi connectivity index (χ4n) is 2.56. The topological polar surface area (TPSA) is 34.9 Å². The van der Waals surface area contributed by atoms with E-state index in [1.165, 1.54) is 4.88 Å². The van der Waals surface area contributed by atoms with Gasteiger partial charge in [0.2, 0.25) is 5.43 Å². The van der Waals surface area contributed by atoms with Gasteiger partial charge < -0.3 is 4.57 Å². The summed E-state index contributed by atoms with van der Waals surface area (Å²) in [6, 6.07) is 0. The Morgan fingerprint density at radius 3 is 3.00 bits per heavy atom. The summed E-state index contributed by atoms with van der Waals surface area (Å²) in [4.78, 5) is 19.3. The van der Waals surface area contributed by atoms with E-state index < -0.39 is 0 Å². The van der Waals surface area contributed by atoms with E-state index in [2.05, 4.69) is 16.1 Å². The molecule has 3 rings (SSSR count). The number of thioether (sulfide) groups is 1. The number of aromatic nitrogens is 2. The molecule has 19 heavy (non-hydrogen) atoms. The van der Waals surface area contributed by atoms with E-state index in [9.17, 15) is 4.79 Å². The molecule has 0 aliphatic heterocycles. The summed E-state index contributed by atoms with van der Waals surface area (Å²) in [5.74, 6) is 0. The Bertz CT molecular complexity index is 727. The van der Waals surface area contributed by atoms with Crippen LogP contribution in [0, 0.1) is 0 Å². The van der Waals surface area contributed by atoms with E-state index >= 15 is 0 Å². The number of rotatable bonds is 3. The molecule has 0 radical (unpaired) electrons. The van der Waals surface area contributed by atoms with Gasteiger partial charge in [-0.3, -0.25) is 4.79 Å². The molecule has 2 heterocycles. The first-order valence-electron chi connectivity index (χ1n) is 6.35. The van der Waals surface area contributed by atoms with Gasteiger partial charge in [-0.05, 0) is 32.4 Å². The highest BCUT2D eigenvalue weighted by Crippen LogP contribution is 2.31. The van der Waals surface area contributed by atoms with Crippen LogP contribution >= 0.6 is 23.1 Å². The molecular weight excluding hydrogens is 276 g/mol. The summed E-state index contributed by atoms with van der Waals surface area (Å²) in [6.45, 7) is 6.72. The minimum absolute atomic E-state index is 0.150. The molecule has 0 N–H and O–H groups in total. The van der Waals surface area contributed by atoms with Crippen molar-refractivity contribution >= 4 is 33.4 Å². The number of allylic oxidation sites excluding steroid dienone is 1. The van der Waals surface area contributed by atoms with Gasteiger partial charge in [-0.2, -0.15) is 0 Å². The number of hydrogen-bond acceptors (Lipinski definition) is 4. The predicted octanol–water partition coefficient (Wildman–Crippen LogP) is 3.24. The molecule has 1 aliphatic carbocycles. The van der Waals surface area contributed by atoms with Gasteiger partial charge in [0.1, 0.15) is 10.3 Å². The van der Waals surface area contributed by atoms with Crippen LogP contribution in [0.15, 0.2) is 22.1 Å². The minimum Gasteiger partial charge on any atom is -0.306 e. The standard InChI is InChI=1S/C14H16N2OS2/c1-8(2)7-16-13-11(15-14(16)18-3)12(17)9-5-4-6-10(9)19-13/h1,4-7H2,2-3H3. The molecule has 0 saturated heterocycles. The van der Waals surface area contributed by atoms with E-state index in [0.717, 1.165) is 46.9 Å². The van der Waals surface area contributed by atoms with Crippen LogP contribution in [0.1, 0.15) is 23.8 Å².